The number of Topliss-reactive ketones (excluding diaryl/α,β-unsaturated/α-hetero) is 1. The number of carbonyl (C=O) groups excluding carboxylic acids is 2. The summed E-state index contributed by atoms with van der Waals surface area (Å²) in [4.78, 5) is 30.3. The lowest BCUT2D eigenvalue weighted by Gasteiger charge is -2.16. The first-order valence-corrected chi connectivity index (χ1v) is 9.33. The van der Waals surface area contributed by atoms with Crippen molar-refractivity contribution in [2.24, 2.45) is 0 Å². The molecule has 4 rings (SSSR count). The Morgan fingerprint density at radius 3 is 2.59 bits per heavy atom. The lowest BCUT2D eigenvalue weighted by atomic mass is 10.0. The van der Waals surface area contributed by atoms with Gasteiger partial charge in [-0.05, 0) is 62.1 Å². The van der Waals surface area contributed by atoms with Crippen LogP contribution in [0.25, 0.3) is 10.9 Å². The lowest BCUT2D eigenvalue weighted by Crippen LogP contribution is -2.25. The van der Waals surface area contributed by atoms with Crippen molar-refractivity contribution in [3.05, 3.63) is 75.9 Å². The Morgan fingerprint density at radius 2 is 1.81 bits per heavy atom. The Balaban J connectivity index is 1.65. The number of ether oxygens (including phenoxy) is 1. The van der Waals surface area contributed by atoms with Crippen molar-refractivity contribution in [2.45, 2.75) is 32.3 Å². The fourth-order valence-electron chi connectivity index (χ4n) is 3.57. The van der Waals surface area contributed by atoms with E-state index in [0.717, 1.165) is 41.4 Å². The van der Waals surface area contributed by atoms with Gasteiger partial charge in [0.15, 0.2) is 6.10 Å². The summed E-state index contributed by atoms with van der Waals surface area (Å²) in [6.07, 6.45) is 1.75. The Kier molecular flexibility index (Phi) is 4.66. The van der Waals surface area contributed by atoms with Crippen LogP contribution in [0.1, 0.15) is 45.3 Å². The SMILES string of the molecule is C[C@H](OC(=O)c1c2c(nc3ccccc13)CCC2)C(=O)c1ccc(Cl)cc1. The average Bonchev–Trinajstić information content (AvgIpc) is 3.13. The van der Waals surface area contributed by atoms with E-state index in [1.165, 1.54) is 0 Å². The summed E-state index contributed by atoms with van der Waals surface area (Å²) in [5.74, 6) is -0.725. The predicted molar refractivity (Wildman–Crippen MR) is 104 cm³/mol. The number of hydrogen-bond acceptors (Lipinski definition) is 4. The number of halogens is 1. The number of rotatable bonds is 4. The van der Waals surface area contributed by atoms with E-state index in [2.05, 4.69) is 4.98 Å². The van der Waals surface area contributed by atoms with Crippen LogP contribution in [0.15, 0.2) is 48.5 Å². The molecule has 4 nitrogen and oxygen atoms in total. The molecule has 2 aromatic carbocycles. The summed E-state index contributed by atoms with van der Waals surface area (Å²) in [7, 11) is 0. The predicted octanol–water partition coefficient (Wildman–Crippen LogP) is 4.81. The fourth-order valence-corrected chi connectivity index (χ4v) is 3.69. The zero-order valence-corrected chi connectivity index (χ0v) is 15.6. The molecule has 0 bridgehead atoms. The van der Waals surface area contributed by atoms with Crippen LogP contribution in [-0.4, -0.2) is 22.8 Å². The molecule has 0 aliphatic heterocycles. The molecule has 0 spiro atoms. The minimum atomic E-state index is -0.886. The molecule has 1 heterocycles. The third kappa shape index (κ3) is 3.33. The van der Waals surface area contributed by atoms with Crippen LogP contribution in [0.5, 0.6) is 0 Å². The normalized spacial score (nSPS) is 14.0. The van der Waals surface area contributed by atoms with Gasteiger partial charge in [0.25, 0.3) is 0 Å². The van der Waals surface area contributed by atoms with Crippen molar-refractivity contribution in [3.63, 3.8) is 0 Å². The van der Waals surface area contributed by atoms with Gasteiger partial charge in [0.1, 0.15) is 0 Å². The number of benzene rings is 2. The number of aryl methyl sites for hydroxylation is 1. The largest absolute Gasteiger partial charge is 0.451 e. The molecule has 1 aliphatic carbocycles. The first kappa shape index (κ1) is 17.7. The van der Waals surface area contributed by atoms with Gasteiger partial charge in [0, 0.05) is 21.7 Å². The molecule has 5 heteroatoms. The summed E-state index contributed by atoms with van der Waals surface area (Å²) in [6.45, 7) is 1.60. The highest BCUT2D eigenvalue weighted by Crippen LogP contribution is 2.30. The molecular weight excluding hydrogens is 362 g/mol. The quantitative estimate of drug-likeness (QED) is 0.482. The average molecular weight is 380 g/mol. The summed E-state index contributed by atoms with van der Waals surface area (Å²) >= 11 is 5.87. The summed E-state index contributed by atoms with van der Waals surface area (Å²) in [5, 5.41) is 1.32. The maximum atomic E-state index is 13.0. The highest BCUT2D eigenvalue weighted by Gasteiger charge is 2.27. The molecular formula is C22H18ClNO3. The van der Waals surface area contributed by atoms with Gasteiger partial charge in [-0.15, -0.1) is 0 Å². The van der Waals surface area contributed by atoms with Crippen molar-refractivity contribution in [2.75, 3.05) is 0 Å². The van der Waals surface area contributed by atoms with E-state index in [-0.39, 0.29) is 5.78 Å². The molecule has 3 aromatic rings. The Morgan fingerprint density at radius 1 is 1.07 bits per heavy atom. The summed E-state index contributed by atoms with van der Waals surface area (Å²) < 4.78 is 5.57. The Hall–Kier alpha value is -2.72. The molecule has 0 saturated carbocycles. The van der Waals surface area contributed by atoms with Crippen molar-refractivity contribution in [3.8, 4) is 0 Å². The van der Waals surface area contributed by atoms with Gasteiger partial charge < -0.3 is 4.74 Å². The lowest BCUT2D eigenvalue weighted by molar-refractivity contribution is 0.0319. The Bertz CT molecular complexity index is 1040. The van der Waals surface area contributed by atoms with Crippen molar-refractivity contribution < 1.29 is 14.3 Å². The Labute approximate surface area is 162 Å². The molecule has 1 aliphatic rings. The summed E-state index contributed by atoms with van der Waals surface area (Å²) in [5.41, 5.74) is 3.69. The second-order valence-corrected chi connectivity index (χ2v) is 7.14. The zero-order valence-electron chi connectivity index (χ0n) is 14.9. The number of para-hydroxylation sites is 1. The molecule has 0 N–H and O–H groups in total. The molecule has 0 unspecified atom stereocenters. The van der Waals surface area contributed by atoms with Gasteiger partial charge in [-0.3, -0.25) is 9.78 Å². The van der Waals surface area contributed by atoms with Crippen molar-refractivity contribution >= 4 is 34.3 Å². The van der Waals surface area contributed by atoms with Crippen molar-refractivity contribution in [1.82, 2.24) is 4.98 Å². The third-order valence-corrected chi connectivity index (χ3v) is 5.16. The fraction of sp³-hybridized carbons (Fsp3) is 0.227. The van der Waals surface area contributed by atoms with E-state index < -0.39 is 12.1 Å². The third-order valence-electron chi connectivity index (χ3n) is 4.91. The molecule has 1 atom stereocenters. The molecule has 0 fully saturated rings. The van der Waals surface area contributed by atoms with Crippen molar-refractivity contribution in [1.29, 1.82) is 0 Å². The van der Waals surface area contributed by atoms with Crippen LogP contribution in [0.4, 0.5) is 0 Å². The molecule has 0 amide bonds. The topological polar surface area (TPSA) is 56.3 Å². The maximum absolute atomic E-state index is 13.0. The number of ketones is 1. The first-order valence-electron chi connectivity index (χ1n) is 8.96. The highest BCUT2D eigenvalue weighted by atomic mass is 35.5. The van der Waals surface area contributed by atoms with Gasteiger partial charge in [0.2, 0.25) is 5.78 Å². The maximum Gasteiger partial charge on any atom is 0.339 e. The number of nitrogens with zero attached hydrogens (tertiary/aromatic N) is 1. The molecule has 0 radical (unpaired) electrons. The molecule has 136 valence electrons. The number of fused-ring (bicyclic) bond motifs is 2. The first-order chi connectivity index (χ1) is 13.0. The number of pyridine rings is 1. The van der Waals surface area contributed by atoms with E-state index in [9.17, 15) is 9.59 Å². The minimum Gasteiger partial charge on any atom is -0.451 e. The number of esters is 1. The number of carbonyl (C=O) groups is 2. The van der Waals surface area contributed by atoms with Gasteiger partial charge in [-0.2, -0.15) is 0 Å². The van der Waals surface area contributed by atoms with E-state index in [4.69, 9.17) is 16.3 Å². The number of hydrogen-bond donors (Lipinski definition) is 0. The molecule has 27 heavy (non-hydrogen) atoms. The van der Waals surface area contributed by atoms with Crippen LogP contribution in [0.2, 0.25) is 5.02 Å². The minimum absolute atomic E-state index is 0.255. The van der Waals surface area contributed by atoms with E-state index in [0.29, 0.717) is 16.1 Å². The van der Waals surface area contributed by atoms with Gasteiger partial charge in [-0.1, -0.05) is 29.8 Å². The van der Waals surface area contributed by atoms with Crippen LogP contribution in [0.3, 0.4) is 0 Å². The van der Waals surface area contributed by atoms with Crippen LogP contribution in [-0.2, 0) is 17.6 Å². The highest BCUT2D eigenvalue weighted by molar-refractivity contribution is 6.30. The monoisotopic (exact) mass is 379 g/mol. The smallest absolute Gasteiger partial charge is 0.339 e. The van der Waals surface area contributed by atoms with Crippen LogP contribution in [0, 0.1) is 0 Å². The van der Waals surface area contributed by atoms with Gasteiger partial charge in [-0.25, -0.2) is 4.79 Å². The second-order valence-electron chi connectivity index (χ2n) is 6.70. The van der Waals surface area contributed by atoms with Crippen LogP contribution < -0.4 is 0 Å². The van der Waals surface area contributed by atoms with E-state index >= 15 is 0 Å². The summed E-state index contributed by atoms with van der Waals surface area (Å²) in [6, 6.07) is 14.1. The van der Waals surface area contributed by atoms with E-state index in [1.54, 1.807) is 31.2 Å². The zero-order chi connectivity index (χ0) is 19.0. The standard InChI is InChI=1S/C22H18ClNO3/c1-13(21(25)14-9-11-15(23)12-10-14)27-22(26)20-16-5-2-3-7-18(16)24-19-8-4-6-17(19)20/h2-3,5,7,9-13H,4,6,8H2,1H3/t13-/m0/s1. The van der Waals surface area contributed by atoms with Gasteiger partial charge >= 0.3 is 5.97 Å². The number of aromatic nitrogens is 1. The van der Waals surface area contributed by atoms with E-state index in [1.807, 2.05) is 24.3 Å². The second kappa shape index (κ2) is 7.12. The van der Waals surface area contributed by atoms with Gasteiger partial charge in [0.05, 0.1) is 11.1 Å². The molecule has 0 saturated heterocycles. The molecule has 1 aromatic heterocycles. The van der Waals surface area contributed by atoms with Crippen LogP contribution >= 0.6 is 11.6 Å².